The maximum absolute atomic E-state index is 12.0. The summed E-state index contributed by atoms with van der Waals surface area (Å²) in [6, 6.07) is 14.6. The summed E-state index contributed by atoms with van der Waals surface area (Å²) >= 11 is 15.4. The van der Waals surface area contributed by atoms with Gasteiger partial charge in [0.15, 0.2) is 5.70 Å². The maximum Gasteiger partial charge on any atom is 0.363 e. The molecule has 3 rings (SSSR count). The lowest BCUT2D eigenvalue weighted by Crippen LogP contribution is -2.05. The van der Waals surface area contributed by atoms with Gasteiger partial charge in [0.2, 0.25) is 5.90 Å². The zero-order chi connectivity index (χ0) is 17.1. The summed E-state index contributed by atoms with van der Waals surface area (Å²) in [6.07, 6.45) is 3.48. The van der Waals surface area contributed by atoms with E-state index in [2.05, 4.69) is 20.9 Å². The van der Waals surface area contributed by atoms with Crippen LogP contribution in [0.25, 0.3) is 6.08 Å². The Morgan fingerprint density at radius 3 is 2.58 bits per heavy atom. The Morgan fingerprint density at radius 1 is 1.12 bits per heavy atom. The number of halogens is 3. The van der Waals surface area contributed by atoms with Crippen molar-refractivity contribution in [3.63, 3.8) is 0 Å². The second kappa shape index (κ2) is 7.34. The Kier molecular flexibility index (Phi) is 5.19. The van der Waals surface area contributed by atoms with Gasteiger partial charge in [-0.2, -0.15) is 0 Å². The van der Waals surface area contributed by atoms with Crippen molar-refractivity contribution in [2.45, 2.75) is 0 Å². The third kappa shape index (κ3) is 3.96. The largest absolute Gasteiger partial charge is 0.402 e. The average molecular weight is 423 g/mol. The van der Waals surface area contributed by atoms with Crippen LogP contribution in [0.1, 0.15) is 11.1 Å². The second-order valence-electron chi connectivity index (χ2n) is 4.90. The van der Waals surface area contributed by atoms with Crippen molar-refractivity contribution in [2.24, 2.45) is 4.99 Å². The summed E-state index contributed by atoms with van der Waals surface area (Å²) < 4.78 is 5.90. The smallest absolute Gasteiger partial charge is 0.363 e. The van der Waals surface area contributed by atoms with Gasteiger partial charge in [0, 0.05) is 9.51 Å². The normalized spacial score (nSPS) is 16.3. The first-order valence-corrected chi connectivity index (χ1v) is 8.48. The number of nitrogens with zero attached hydrogens (tertiary/aromatic N) is 1. The summed E-state index contributed by atoms with van der Waals surface area (Å²) in [5.74, 6) is -0.373. The molecule has 24 heavy (non-hydrogen) atoms. The van der Waals surface area contributed by atoms with Crippen molar-refractivity contribution >= 4 is 57.1 Å². The third-order valence-electron chi connectivity index (χ3n) is 3.16. The lowest BCUT2D eigenvalue weighted by atomic mass is 10.2. The topological polar surface area (TPSA) is 38.7 Å². The van der Waals surface area contributed by atoms with Gasteiger partial charge in [-0.3, -0.25) is 0 Å². The van der Waals surface area contributed by atoms with Crippen molar-refractivity contribution in [1.82, 2.24) is 0 Å². The van der Waals surface area contributed by atoms with E-state index >= 15 is 0 Å². The molecule has 0 atom stereocenters. The minimum absolute atomic E-state index is 0.160. The number of allylic oxidation sites excluding steroid dienone is 2. The van der Waals surface area contributed by atoms with Crippen LogP contribution in [0.3, 0.4) is 0 Å². The van der Waals surface area contributed by atoms with Gasteiger partial charge >= 0.3 is 5.97 Å². The van der Waals surface area contributed by atoms with E-state index in [9.17, 15) is 4.79 Å². The number of benzene rings is 2. The van der Waals surface area contributed by atoms with Gasteiger partial charge in [0.05, 0.1) is 10.6 Å². The first-order chi connectivity index (χ1) is 11.5. The molecule has 0 saturated heterocycles. The molecule has 1 heterocycles. The number of ether oxygens (including phenoxy) is 1. The lowest BCUT2D eigenvalue weighted by Gasteiger charge is -2.02. The van der Waals surface area contributed by atoms with Crippen LogP contribution in [0.4, 0.5) is 0 Å². The molecule has 6 heteroatoms. The molecular weight excluding hydrogens is 413 g/mol. The highest BCUT2D eigenvalue weighted by atomic mass is 79.9. The van der Waals surface area contributed by atoms with E-state index in [4.69, 9.17) is 27.9 Å². The van der Waals surface area contributed by atoms with Gasteiger partial charge < -0.3 is 4.74 Å². The molecule has 0 amide bonds. The Labute approximate surface area is 157 Å². The molecule has 0 aliphatic carbocycles. The molecule has 0 spiro atoms. The summed E-state index contributed by atoms with van der Waals surface area (Å²) in [7, 11) is 0. The molecule has 3 nitrogen and oxygen atoms in total. The van der Waals surface area contributed by atoms with E-state index in [1.165, 1.54) is 0 Å². The highest BCUT2D eigenvalue weighted by molar-refractivity contribution is 9.12. The Hall–Kier alpha value is -1.88. The zero-order valence-corrected chi connectivity index (χ0v) is 15.3. The van der Waals surface area contributed by atoms with Gasteiger partial charge in [0.1, 0.15) is 0 Å². The Balaban J connectivity index is 1.90. The molecule has 0 N–H and O–H groups in total. The minimum Gasteiger partial charge on any atom is -0.402 e. The van der Waals surface area contributed by atoms with Crippen molar-refractivity contribution in [3.8, 4) is 0 Å². The SMILES string of the molecule is O=C1OC(c2ccc(Cl)cc2Cl)=NC1=C/C(Br)=C\c1ccccc1. The summed E-state index contributed by atoms with van der Waals surface area (Å²) in [5, 5.41) is 0.868. The first kappa shape index (κ1) is 17.0. The first-order valence-electron chi connectivity index (χ1n) is 6.93. The van der Waals surface area contributed by atoms with Gasteiger partial charge in [-0.25, -0.2) is 9.79 Å². The molecule has 0 fully saturated rings. The number of carbonyl (C=O) groups is 1. The molecule has 120 valence electrons. The molecule has 0 bridgehead atoms. The van der Waals surface area contributed by atoms with Crippen LogP contribution in [0.15, 0.2) is 69.8 Å². The van der Waals surface area contributed by atoms with Crippen molar-refractivity contribution in [1.29, 1.82) is 0 Å². The van der Waals surface area contributed by atoms with E-state index in [1.54, 1.807) is 24.3 Å². The number of carbonyl (C=O) groups excluding carboxylic acids is 1. The predicted molar refractivity (Wildman–Crippen MR) is 101 cm³/mol. The van der Waals surface area contributed by atoms with Crippen LogP contribution >= 0.6 is 39.1 Å². The Bertz CT molecular complexity index is 889. The van der Waals surface area contributed by atoms with E-state index in [1.807, 2.05) is 36.4 Å². The molecule has 2 aromatic carbocycles. The molecule has 0 saturated carbocycles. The van der Waals surface area contributed by atoms with Gasteiger partial charge in [-0.05, 0) is 35.9 Å². The third-order valence-corrected chi connectivity index (χ3v) is 4.17. The fourth-order valence-electron chi connectivity index (χ4n) is 2.07. The van der Waals surface area contributed by atoms with Crippen LogP contribution in [0.2, 0.25) is 10.0 Å². The van der Waals surface area contributed by atoms with Crippen LogP contribution in [0, 0.1) is 0 Å². The van der Waals surface area contributed by atoms with Crippen LogP contribution in [-0.2, 0) is 9.53 Å². The zero-order valence-electron chi connectivity index (χ0n) is 12.2. The van der Waals surface area contributed by atoms with Crippen molar-refractivity contribution in [2.75, 3.05) is 0 Å². The number of rotatable bonds is 3. The molecule has 0 radical (unpaired) electrons. The van der Waals surface area contributed by atoms with Crippen molar-refractivity contribution < 1.29 is 9.53 Å². The standard InChI is InChI=1S/C18H10BrCl2NO2/c19-12(8-11-4-2-1-3-5-11)9-16-18(23)24-17(22-16)14-7-6-13(20)10-15(14)21/h1-10H/b12-8+,16-9?. The molecule has 1 aliphatic rings. The molecular formula is C18H10BrCl2NO2. The second-order valence-corrected chi connectivity index (χ2v) is 6.66. The summed E-state index contributed by atoms with van der Waals surface area (Å²) in [6.45, 7) is 0. The number of aliphatic imine (C=N–C) groups is 1. The quantitative estimate of drug-likeness (QED) is 0.475. The monoisotopic (exact) mass is 421 g/mol. The minimum atomic E-state index is -0.533. The Morgan fingerprint density at radius 2 is 1.88 bits per heavy atom. The number of esters is 1. The molecule has 2 aromatic rings. The van der Waals surface area contributed by atoms with Gasteiger partial charge in [-0.1, -0.05) is 69.5 Å². The number of hydrogen-bond donors (Lipinski definition) is 0. The van der Waals surface area contributed by atoms with E-state index < -0.39 is 5.97 Å². The van der Waals surface area contributed by atoms with E-state index in [0.717, 1.165) is 5.56 Å². The fraction of sp³-hybridized carbons (Fsp3) is 0. The summed E-state index contributed by atoms with van der Waals surface area (Å²) in [5.41, 5.74) is 1.70. The molecule has 0 unspecified atom stereocenters. The fourth-order valence-corrected chi connectivity index (χ4v) is 3.04. The van der Waals surface area contributed by atoms with Crippen LogP contribution in [-0.4, -0.2) is 11.9 Å². The predicted octanol–water partition coefficient (Wildman–Crippen LogP) is 5.62. The highest BCUT2D eigenvalue weighted by Crippen LogP contribution is 2.26. The molecule has 0 aromatic heterocycles. The maximum atomic E-state index is 12.0. The van der Waals surface area contributed by atoms with Gasteiger partial charge in [-0.15, -0.1) is 0 Å². The summed E-state index contributed by atoms with van der Waals surface area (Å²) in [4.78, 5) is 16.2. The van der Waals surface area contributed by atoms with E-state index in [0.29, 0.717) is 20.1 Å². The lowest BCUT2D eigenvalue weighted by molar-refractivity contribution is -0.130. The molecule has 1 aliphatic heterocycles. The van der Waals surface area contributed by atoms with E-state index in [-0.39, 0.29) is 11.6 Å². The highest BCUT2D eigenvalue weighted by Gasteiger charge is 2.25. The number of hydrogen-bond acceptors (Lipinski definition) is 3. The number of cyclic esters (lactones) is 1. The van der Waals surface area contributed by atoms with Crippen LogP contribution in [0.5, 0.6) is 0 Å². The van der Waals surface area contributed by atoms with Gasteiger partial charge in [0.25, 0.3) is 0 Å². The average Bonchev–Trinajstić information content (AvgIpc) is 2.88. The van der Waals surface area contributed by atoms with Crippen molar-refractivity contribution in [3.05, 3.63) is 86.0 Å². The van der Waals surface area contributed by atoms with Crippen LogP contribution < -0.4 is 0 Å².